The van der Waals surface area contributed by atoms with Gasteiger partial charge in [0.25, 0.3) is 5.91 Å². The van der Waals surface area contributed by atoms with Crippen molar-refractivity contribution in [1.29, 1.82) is 0 Å². The number of amides is 1. The predicted octanol–water partition coefficient (Wildman–Crippen LogP) is 4.22. The molecule has 2 N–H and O–H groups in total. The number of anilines is 1. The van der Waals surface area contributed by atoms with Gasteiger partial charge in [-0.3, -0.25) is 14.4 Å². The number of hydrogen-bond acceptors (Lipinski definition) is 6. The number of ketones is 2. The van der Waals surface area contributed by atoms with E-state index < -0.39 is 11.7 Å². The molecule has 9 heteroatoms. The van der Waals surface area contributed by atoms with Crippen molar-refractivity contribution < 1.29 is 19.1 Å². The lowest BCUT2D eigenvalue weighted by Gasteiger charge is -2.38. The van der Waals surface area contributed by atoms with E-state index in [1.165, 1.54) is 12.1 Å². The van der Waals surface area contributed by atoms with Gasteiger partial charge < -0.3 is 10.5 Å². The number of ether oxygens (including phenoxy) is 1. The number of carbonyl (C=O) groups is 3. The first-order valence-electron chi connectivity index (χ1n) is 10.2. The lowest BCUT2D eigenvalue weighted by Crippen LogP contribution is -2.40. The summed E-state index contributed by atoms with van der Waals surface area (Å²) in [6, 6.07) is 6.71. The van der Waals surface area contributed by atoms with Crippen LogP contribution in [0.2, 0.25) is 10.0 Å². The van der Waals surface area contributed by atoms with Gasteiger partial charge in [0.05, 0.1) is 27.6 Å². The molecule has 1 fully saturated rings. The summed E-state index contributed by atoms with van der Waals surface area (Å²) in [6.45, 7) is 1.95. The van der Waals surface area contributed by atoms with E-state index in [4.69, 9.17) is 33.7 Å². The van der Waals surface area contributed by atoms with Gasteiger partial charge in [-0.05, 0) is 54.7 Å². The minimum absolute atomic E-state index is 0.167. The van der Waals surface area contributed by atoms with E-state index in [0.29, 0.717) is 12.2 Å². The average molecular weight is 472 g/mol. The van der Waals surface area contributed by atoms with Gasteiger partial charge in [0.1, 0.15) is 11.5 Å². The SMILES string of the molecule is Cc1c(Oc2c(Cl)cc(N3N=C(N)C(=O)CC3=O)cc2Cl)ccc2c1C1(CCC1)C(=O)C2. The number of hydrogen-bond donors (Lipinski definition) is 1. The van der Waals surface area contributed by atoms with Crippen molar-refractivity contribution in [2.24, 2.45) is 10.8 Å². The van der Waals surface area contributed by atoms with E-state index in [2.05, 4.69) is 5.10 Å². The number of nitrogens with zero attached hydrogens (tertiary/aromatic N) is 2. The van der Waals surface area contributed by atoms with E-state index in [1.54, 1.807) is 0 Å². The number of rotatable bonds is 3. The monoisotopic (exact) mass is 471 g/mol. The normalized spacial score (nSPS) is 19.2. The standard InChI is InChI=1S/C23H19Cl2N3O4/c1-11-17(4-3-12-7-18(30)23(20(11)12)5-2-6-23)32-21-14(24)8-13(9-15(21)25)28-19(31)10-16(29)22(26)27-28/h3-4,8-9H,2,5-7,10H2,1H3,(H2,26,27). The Balaban J connectivity index is 1.50. The van der Waals surface area contributed by atoms with Crippen LogP contribution in [0.1, 0.15) is 42.4 Å². The van der Waals surface area contributed by atoms with Crippen LogP contribution in [0.25, 0.3) is 0 Å². The fourth-order valence-electron chi connectivity index (χ4n) is 4.81. The summed E-state index contributed by atoms with van der Waals surface area (Å²) < 4.78 is 6.11. The Hall–Kier alpha value is -2.90. The highest BCUT2D eigenvalue weighted by Gasteiger charge is 2.51. The molecule has 0 radical (unpaired) electrons. The molecule has 2 aromatic carbocycles. The van der Waals surface area contributed by atoms with Crippen molar-refractivity contribution in [2.75, 3.05) is 5.01 Å². The van der Waals surface area contributed by atoms with Crippen LogP contribution in [0, 0.1) is 6.92 Å². The summed E-state index contributed by atoms with van der Waals surface area (Å²) >= 11 is 12.9. The molecule has 0 bridgehead atoms. The second-order valence-corrected chi connectivity index (χ2v) is 9.20. The molecule has 3 aliphatic rings. The van der Waals surface area contributed by atoms with E-state index in [1.807, 2.05) is 19.1 Å². The Bertz CT molecular complexity index is 1230. The maximum absolute atomic E-state index is 12.7. The fourth-order valence-corrected chi connectivity index (χ4v) is 5.37. The molecule has 1 aliphatic heterocycles. The minimum Gasteiger partial charge on any atom is -0.454 e. The lowest BCUT2D eigenvalue weighted by atomic mass is 9.63. The van der Waals surface area contributed by atoms with Gasteiger partial charge in [0, 0.05) is 6.42 Å². The predicted molar refractivity (Wildman–Crippen MR) is 121 cm³/mol. The molecule has 1 spiro atoms. The zero-order valence-electron chi connectivity index (χ0n) is 17.2. The van der Waals surface area contributed by atoms with Gasteiger partial charge in [-0.1, -0.05) is 35.7 Å². The van der Waals surface area contributed by atoms with Crippen molar-refractivity contribution in [1.82, 2.24) is 0 Å². The number of carbonyl (C=O) groups excluding carboxylic acids is 3. The molecule has 164 valence electrons. The summed E-state index contributed by atoms with van der Waals surface area (Å²) in [5.41, 5.74) is 8.52. The number of benzene rings is 2. The molecule has 0 aromatic heterocycles. The number of fused-ring (bicyclic) bond motifs is 2. The molecule has 1 saturated carbocycles. The average Bonchev–Trinajstić information content (AvgIpc) is 3.02. The van der Waals surface area contributed by atoms with Crippen LogP contribution in [-0.2, 0) is 26.2 Å². The minimum atomic E-state index is -0.532. The van der Waals surface area contributed by atoms with Gasteiger partial charge in [-0.2, -0.15) is 5.01 Å². The van der Waals surface area contributed by atoms with Gasteiger partial charge in [0.15, 0.2) is 11.6 Å². The molecule has 0 saturated heterocycles. The van der Waals surface area contributed by atoms with Gasteiger partial charge in [-0.15, -0.1) is 5.10 Å². The number of Topliss-reactive ketones (excluding diaryl/α,β-unsaturated/α-hetero) is 2. The highest BCUT2D eigenvalue weighted by atomic mass is 35.5. The van der Waals surface area contributed by atoms with Crippen LogP contribution in [-0.4, -0.2) is 23.3 Å². The number of halogens is 2. The van der Waals surface area contributed by atoms with Crippen molar-refractivity contribution in [2.45, 2.75) is 44.4 Å². The zero-order valence-corrected chi connectivity index (χ0v) is 18.7. The lowest BCUT2D eigenvalue weighted by molar-refractivity contribution is -0.126. The molecular weight excluding hydrogens is 453 g/mol. The topological polar surface area (TPSA) is 102 Å². The van der Waals surface area contributed by atoms with Gasteiger partial charge >= 0.3 is 0 Å². The van der Waals surface area contributed by atoms with E-state index in [9.17, 15) is 14.4 Å². The Morgan fingerprint density at radius 1 is 1.09 bits per heavy atom. The molecule has 1 amide bonds. The first-order chi connectivity index (χ1) is 15.2. The molecule has 1 heterocycles. The summed E-state index contributed by atoms with van der Waals surface area (Å²) in [5.74, 6) is -0.241. The first kappa shape index (κ1) is 21.0. The third kappa shape index (κ3) is 3.03. The Kier molecular flexibility index (Phi) is 4.80. The van der Waals surface area contributed by atoms with Gasteiger partial charge in [0.2, 0.25) is 5.78 Å². The van der Waals surface area contributed by atoms with E-state index in [0.717, 1.165) is 41.0 Å². The molecular formula is C23H19Cl2N3O4. The van der Waals surface area contributed by atoms with Crippen LogP contribution >= 0.6 is 23.2 Å². The third-order valence-electron chi connectivity index (χ3n) is 6.55. The fraction of sp³-hybridized carbons (Fsp3) is 0.304. The summed E-state index contributed by atoms with van der Waals surface area (Å²) in [5, 5.41) is 5.18. The van der Waals surface area contributed by atoms with E-state index >= 15 is 0 Å². The molecule has 0 unspecified atom stereocenters. The van der Waals surface area contributed by atoms with Crippen molar-refractivity contribution in [3.8, 4) is 11.5 Å². The second kappa shape index (κ2) is 7.32. The Morgan fingerprint density at radius 2 is 1.78 bits per heavy atom. The highest BCUT2D eigenvalue weighted by molar-refractivity contribution is 6.44. The number of hydrazone groups is 1. The van der Waals surface area contributed by atoms with Crippen molar-refractivity contribution >= 4 is 52.2 Å². The molecule has 2 aromatic rings. The Morgan fingerprint density at radius 3 is 2.41 bits per heavy atom. The largest absolute Gasteiger partial charge is 0.454 e. The number of amidine groups is 1. The van der Waals surface area contributed by atoms with Crippen molar-refractivity contribution in [3.05, 3.63) is 51.0 Å². The Labute approximate surface area is 194 Å². The van der Waals surface area contributed by atoms with Crippen LogP contribution in [0.4, 0.5) is 5.69 Å². The van der Waals surface area contributed by atoms with Crippen LogP contribution in [0.3, 0.4) is 0 Å². The maximum atomic E-state index is 12.7. The smallest absolute Gasteiger partial charge is 0.255 e. The summed E-state index contributed by atoms with van der Waals surface area (Å²) in [4.78, 5) is 36.5. The van der Waals surface area contributed by atoms with Crippen LogP contribution in [0.5, 0.6) is 11.5 Å². The first-order valence-corrected chi connectivity index (χ1v) is 11.0. The molecule has 2 aliphatic carbocycles. The zero-order chi connectivity index (χ0) is 22.8. The van der Waals surface area contributed by atoms with Crippen LogP contribution < -0.4 is 15.5 Å². The molecule has 5 rings (SSSR count). The molecule has 32 heavy (non-hydrogen) atoms. The summed E-state index contributed by atoms with van der Waals surface area (Å²) in [6.07, 6.45) is 2.87. The second-order valence-electron chi connectivity index (χ2n) is 8.39. The highest BCUT2D eigenvalue weighted by Crippen LogP contribution is 2.53. The van der Waals surface area contributed by atoms with Gasteiger partial charge in [-0.25, -0.2) is 0 Å². The number of nitrogens with two attached hydrogens (primary N) is 1. The molecule has 0 atom stereocenters. The van der Waals surface area contributed by atoms with Crippen molar-refractivity contribution in [3.63, 3.8) is 0 Å². The summed E-state index contributed by atoms with van der Waals surface area (Å²) in [7, 11) is 0. The molecule has 7 nitrogen and oxygen atoms in total. The third-order valence-corrected chi connectivity index (χ3v) is 7.11. The van der Waals surface area contributed by atoms with Crippen LogP contribution in [0.15, 0.2) is 29.4 Å². The van der Waals surface area contributed by atoms with E-state index in [-0.39, 0.29) is 44.9 Å². The quantitative estimate of drug-likeness (QED) is 0.674. The maximum Gasteiger partial charge on any atom is 0.255 e.